The second-order valence-electron chi connectivity index (χ2n) is 12.0. The van der Waals surface area contributed by atoms with E-state index in [1.807, 2.05) is 6.07 Å². The number of hydrogen-bond acceptors (Lipinski definition) is 3. The molecule has 0 spiro atoms. The number of nitrogens with zero attached hydrogens (tertiary/aromatic N) is 3. The summed E-state index contributed by atoms with van der Waals surface area (Å²) in [5.41, 5.74) is 8.59. The molecule has 0 radical (unpaired) electrons. The molecule has 0 bridgehead atoms. The van der Waals surface area contributed by atoms with Crippen LogP contribution in [0.25, 0.3) is 43.4 Å². The van der Waals surface area contributed by atoms with Crippen LogP contribution in [0, 0.1) is 22.7 Å². The summed E-state index contributed by atoms with van der Waals surface area (Å²) in [4.78, 5) is 2.40. The van der Waals surface area contributed by atoms with Crippen molar-refractivity contribution in [3.63, 3.8) is 0 Å². The van der Waals surface area contributed by atoms with E-state index in [1.165, 1.54) is 38.7 Å². The maximum Gasteiger partial charge on any atom is 0.0998 e. The Morgan fingerprint density at radius 2 is 1.00 bits per heavy atom. The second-order valence-corrected chi connectivity index (χ2v) is 12.0. The molecular formula is C41H27N3. The molecule has 8 rings (SSSR count). The van der Waals surface area contributed by atoms with Crippen molar-refractivity contribution in [2.45, 2.75) is 19.3 Å². The smallest absolute Gasteiger partial charge is 0.0998 e. The maximum atomic E-state index is 9.85. The summed E-state index contributed by atoms with van der Waals surface area (Å²) < 4.78 is 0. The lowest BCUT2D eigenvalue weighted by molar-refractivity contribution is 0.632. The molecule has 0 saturated heterocycles. The summed E-state index contributed by atoms with van der Waals surface area (Å²) in [7, 11) is 0. The van der Waals surface area contributed by atoms with Crippen molar-refractivity contribution < 1.29 is 0 Å². The molecule has 0 aliphatic carbocycles. The van der Waals surface area contributed by atoms with Crippen molar-refractivity contribution in [2.75, 3.05) is 4.90 Å². The van der Waals surface area contributed by atoms with Crippen LogP contribution in [0.5, 0.6) is 0 Å². The van der Waals surface area contributed by atoms with Gasteiger partial charge >= 0.3 is 0 Å². The molecule has 1 aliphatic heterocycles. The van der Waals surface area contributed by atoms with Gasteiger partial charge in [0.2, 0.25) is 0 Å². The zero-order chi connectivity index (χ0) is 30.0. The number of para-hydroxylation sites is 2. The molecule has 1 heterocycles. The van der Waals surface area contributed by atoms with E-state index in [4.69, 9.17) is 0 Å². The zero-order valence-corrected chi connectivity index (χ0v) is 24.5. The monoisotopic (exact) mass is 561 g/mol. The van der Waals surface area contributed by atoms with E-state index in [-0.39, 0.29) is 5.41 Å². The van der Waals surface area contributed by atoms with Crippen molar-refractivity contribution in [1.29, 1.82) is 10.5 Å². The molecular weight excluding hydrogens is 534 g/mol. The van der Waals surface area contributed by atoms with Gasteiger partial charge in [0.15, 0.2) is 0 Å². The molecule has 1 aliphatic rings. The Kier molecular flexibility index (Phi) is 5.60. The van der Waals surface area contributed by atoms with Gasteiger partial charge in [0.1, 0.15) is 0 Å². The molecule has 7 aromatic rings. The van der Waals surface area contributed by atoms with Crippen LogP contribution in [0.1, 0.15) is 36.1 Å². The highest BCUT2D eigenvalue weighted by Crippen LogP contribution is 2.52. The van der Waals surface area contributed by atoms with Crippen molar-refractivity contribution in [2.24, 2.45) is 0 Å². The molecule has 3 heteroatoms. The Bertz CT molecular complexity index is 2300. The van der Waals surface area contributed by atoms with E-state index in [0.717, 1.165) is 27.4 Å². The number of rotatable bonds is 2. The van der Waals surface area contributed by atoms with Crippen LogP contribution in [-0.4, -0.2) is 0 Å². The number of hydrogen-bond donors (Lipinski definition) is 0. The van der Waals surface area contributed by atoms with Gasteiger partial charge in [-0.25, -0.2) is 0 Å². The molecule has 0 saturated carbocycles. The van der Waals surface area contributed by atoms with E-state index < -0.39 is 0 Å². The number of nitriles is 2. The standard InChI is InChI=1S/C41H27N3/c1-41(2)36-14-5-7-16-38(36)44(39-17-8-6-15-37(39)41)29-19-21-33-32-20-18-26(40-27(24-42)10-9-11-28(40)25-43)22-34(32)30-12-3-4-13-31(30)35(33)23-29/h3-23H,1-2H3. The van der Waals surface area contributed by atoms with E-state index in [1.54, 1.807) is 18.2 Å². The number of benzene rings is 7. The first-order valence-electron chi connectivity index (χ1n) is 14.8. The van der Waals surface area contributed by atoms with Crippen LogP contribution in [-0.2, 0) is 5.41 Å². The van der Waals surface area contributed by atoms with Crippen molar-refractivity contribution in [3.05, 3.63) is 150 Å². The van der Waals surface area contributed by atoms with Crippen molar-refractivity contribution in [3.8, 4) is 23.3 Å². The highest BCUT2D eigenvalue weighted by atomic mass is 15.2. The van der Waals surface area contributed by atoms with Crippen LogP contribution in [0.2, 0.25) is 0 Å². The normalized spacial score (nSPS) is 13.3. The topological polar surface area (TPSA) is 50.8 Å². The zero-order valence-electron chi connectivity index (χ0n) is 24.5. The van der Waals surface area contributed by atoms with Gasteiger partial charge in [-0.15, -0.1) is 0 Å². The van der Waals surface area contributed by atoms with Crippen LogP contribution in [0.15, 0.2) is 127 Å². The van der Waals surface area contributed by atoms with Crippen LogP contribution < -0.4 is 4.90 Å². The summed E-state index contributed by atoms with van der Waals surface area (Å²) >= 11 is 0. The largest absolute Gasteiger partial charge is 0.310 e. The summed E-state index contributed by atoms with van der Waals surface area (Å²) in [6.07, 6.45) is 0. The predicted octanol–water partition coefficient (Wildman–Crippen LogP) is 10.7. The molecule has 3 nitrogen and oxygen atoms in total. The van der Waals surface area contributed by atoms with Crippen molar-refractivity contribution >= 4 is 49.4 Å². The van der Waals surface area contributed by atoms with Gasteiger partial charge in [0.25, 0.3) is 0 Å². The summed E-state index contributed by atoms with van der Waals surface area (Å²) in [5, 5.41) is 26.6. The molecule has 0 amide bonds. The third kappa shape index (κ3) is 3.60. The molecule has 44 heavy (non-hydrogen) atoms. The Morgan fingerprint density at radius 1 is 0.500 bits per heavy atom. The summed E-state index contributed by atoms with van der Waals surface area (Å²) in [6, 6.07) is 49.0. The van der Waals surface area contributed by atoms with Gasteiger partial charge in [-0.2, -0.15) is 10.5 Å². The van der Waals surface area contributed by atoms with Gasteiger partial charge in [-0.3, -0.25) is 0 Å². The lowest BCUT2D eigenvalue weighted by Gasteiger charge is -2.42. The Hall–Kier alpha value is -5.90. The molecule has 0 N–H and O–H groups in total. The molecule has 0 aromatic heterocycles. The molecule has 0 atom stereocenters. The fourth-order valence-electron chi connectivity index (χ4n) is 7.24. The third-order valence-corrected chi connectivity index (χ3v) is 9.31. The molecule has 0 unspecified atom stereocenters. The van der Waals surface area contributed by atoms with E-state index in [9.17, 15) is 10.5 Å². The Balaban J connectivity index is 1.40. The van der Waals surface area contributed by atoms with Gasteiger partial charge in [-0.1, -0.05) is 98.8 Å². The van der Waals surface area contributed by atoms with E-state index in [2.05, 4.69) is 134 Å². The first-order valence-corrected chi connectivity index (χ1v) is 14.8. The minimum atomic E-state index is -0.114. The second kappa shape index (κ2) is 9.56. The van der Waals surface area contributed by atoms with Crippen LogP contribution in [0.4, 0.5) is 17.1 Å². The number of anilines is 3. The maximum absolute atomic E-state index is 9.85. The minimum absolute atomic E-state index is 0.114. The predicted molar refractivity (Wildman–Crippen MR) is 181 cm³/mol. The highest BCUT2D eigenvalue weighted by molar-refractivity contribution is 6.26. The number of fused-ring (bicyclic) bond motifs is 8. The average Bonchev–Trinajstić information content (AvgIpc) is 3.08. The van der Waals surface area contributed by atoms with Crippen LogP contribution in [0.3, 0.4) is 0 Å². The van der Waals surface area contributed by atoms with Crippen molar-refractivity contribution in [1.82, 2.24) is 0 Å². The molecule has 7 aromatic carbocycles. The van der Waals surface area contributed by atoms with Gasteiger partial charge < -0.3 is 4.90 Å². The highest BCUT2D eigenvalue weighted by Gasteiger charge is 2.36. The lowest BCUT2D eigenvalue weighted by atomic mass is 9.73. The first kappa shape index (κ1) is 25.8. The third-order valence-electron chi connectivity index (χ3n) is 9.31. The fraction of sp³-hybridized carbons (Fsp3) is 0.0732. The van der Waals surface area contributed by atoms with Crippen LogP contribution >= 0.6 is 0 Å². The van der Waals surface area contributed by atoms with Gasteiger partial charge in [0.05, 0.1) is 34.6 Å². The summed E-state index contributed by atoms with van der Waals surface area (Å²) in [5.74, 6) is 0. The van der Waals surface area contributed by atoms with Gasteiger partial charge in [-0.05, 0) is 91.5 Å². The Labute approximate surface area is 256 Å². The molecule has 0 fully saturated rings. The summed E-state index contributed by atoms with van der Waals surface area (Å²) in [6.45, 7) is 4.62. The average molecular weight is 562 g/mol. The minimum Gasteiger partial charge on any atom is -0.310 e. The first-order chi connectivity index (χ1) is 21.5. The molecule has 206 valence electrons. The quantitative estimate of drug-likeness (QED) is 0.197. The van der Waals surface area contributed by atoms with Gasteiger partial charge in [0, 0.05) is 16.7 Å². The fourth-order valence-corrected chi connectivity index (χ4v) is 7.24. The SMILES string of the molecule is CC1(C)c2ccccc2N(c2ccc3c4ccc(-c5c(C#N)cccc5C#N)cc4c4ccccc4c3c2)c2ccccc21. The van der Waals surface area contributed by atoms with E-state index in [0.29, 0.717) is 16.7 Å². The lowest BCUT2D eigenvalue weighted by Crippen LogP contribution is -2.30. The van der Waals surface area contributed by atoms with E-state index >= 15 is 0 Å². The Morgan fingerprint density at radius 3 is 1.59 bits per heavy atom.